The second kappa shape index (κ2) is 4.88. The Hall–Kier alpha value is -0.353. The Morgan fingerprint density at radius 2 is 2.05 bits per heavy atom. The third-order valence-corrected chi connectivity index (χ3v) is 9.89. The normalized spacial score (nSPS) is 32.7. The van der Waals surface area contributed by atoms with Crippen molar-refractivity contribution in [2.75, 3.05) is 6.54 Å². The van der Waals surface area contributed by atoms with Crippen molar-refractivity contribution in [3.8, 4) is 0 Å². The first-order valence-electron chi connectivity index (χ1n) is 7.58. The highest BCUT2D eigenvalue weighted by molar-refractivity contribution is 6.74. The molecule has 1 saturated carbocycles. The molecule has 0 bridgehead atoms. The Morgan fingerprint density at radius 3 is 2.58 bits per heavy atom. The van der Waals surface area contributed by atoms with Crippen molar-refractivity contribution in [1.29, 1.82) is 0 Å². The van der Waals surface area contributed by atoms with E-state index >= 15 is 0 Å². The molecule has 3 nitrogen and oxygen atoms in total. The van der Waals surface area contributed by atoms with Crippen molar-refractivity contribution >= 4 is 14.2 Å². The van der Waals surface area contributed by atoms with Gasteiger partial charge in [0.15, 0.2) is 8.32 Å². The molecule has 2 atom stereocenters. The Morgan fingerprint density at radius 1 is 1.37 bits per heavy atom. The molecule has 2 fully saturated rings. The van der Waals surface area contributed by atoms with Gasteiger partial charge in [0, 0.05) is 19.1 Å². The molecular formula is C15H29NO2Si. The first-order valence-corrected chi connectivity index (χ1v) is 10.5. The smallest absolute Gasteiger partial charge is 0.220 e. The second-order valence-corrected chi connectivity index (χ2v) is 12.8. The van der Waals surface area contributed by atoms with E-state index in [-0.39, 0.29) is 16.4 Å². The topological polar surface area (TPSA) is 38.3 Å². The van der Waals surface area contributed by atoms with Gasteiger partial charge in [0.05, 0.1) is 0 Å². The molecule has 0 aromatic carbocycles. The predicted octanol–water partition coefficient (Wildman–Crippen LogP) is 3.46. The summed E-state index contributed by atoms with van der Waals surface area (Å²) >= 11 is 0. The van der Waals surface area contributed by atoms with Crippen molar-refractivity contribution in [2.45, 2.75) is 77.1 Å². The molecule has 19 heavy (non-hydrogen) atoms. The summed E-state index contributed by atoms with van der Waals surface area (Å²) in [7, 11) is -1.68. The van der Waals surface area contributed by atoms with E-state index in [0.29, 0.717) is 12.5 Å². The van der Waals surface area contributed by atoms with Crippen LogP contribution in [0, 0.1) is 5.41 Å². The third-order valence-electron chi connectivity index (χ3n) is 5.36. The molecule has 1 spiro atoms. The first kappa shape index (κ1) is 15.0. The third kappa shape index (κ3) is 3.22. The molecule has 1 aliphatic heterocycles. The van der Waals surface area contributed by atoms with Gasteiger partial charge in [0.2, 0.25) is 5.91 Å². The Kier molecular flexibility index (Phi) is 3.87. The van der Waals surface area contributed by atoms with Crippen LogP contribution in [0.1, 0.15) is 52.9 Å². The lowest BCUT2D eigenvalue weighted by Crippen LogP contribution is -2.46. The van der Waals surface area contributed by atoms with Gasteiger partial charge in [-0.05, 0) is 42.8 Å². The van der Waals surface area contributed by atoms with Gasteiger partial charge in [-0.2, -0.15) is 0 Å². The maximum absolute atomic E-state index is 11.5. The van der Waals surface area contributed by atoms with Crippen LogP contribution < -0.4 is 5.32 Å². The number of carbonyl (C=O) groups excluding carboxylic acids is 1. The van der Waals surface area contributed by atoms with Crippen molar-refractivity contribution in [3.05, 3.63) is 0 Å². The minimum Gasteiger partial charge on any atom is -0.414 e. The van der Waals surface area contributed by atoms with E-state index in [1.165, 1.54) is 19.3 Å². The van der Waals surface area contributed by atoms with Crippen molar-refractivity contribution in [1.82, 2.24) is 5.32 Å². The lowest BCUT2D eigenvalue weighted by Gasteiger charge is -2.44. The lowest BCUT2D eigenvalue weighted by atomic mass is 9.72. The van der Waals surface area contributed by atoms with E-state index in [9.17, 15) is 4.79 Å². The molecule has 1 N–H and O–H groups in total. The number of hydrogen-bond acceptors (Lipinski definition) is 2. The molecule has 0 aromatic rings. The molecule has 1 aliphatic carbocycles. The van der Waals surface area contributed by atoms with Crippen LogP contribution in [0.15, 0.2) is 0 Å². The maximum Gasteiger partial charge on any atom is 0.220 e. The fourth-order valence-electron chi connectivity index (χ4n) is 3.16. The summed E-state index contributed by atoms with van der Waals surface area (Å²) in [5, 5.41) is 3.28. The van der Waals surface area contributed by atoms with Crippen LogP contribution in [-0.4, -0.2) is 26.9 Å². The summed E-state index contributed by atoms with van der Waals surface area (Å²) in [6.07, 6.45) is 5.70. The monoisotopic (exact) mass is 283 g/mol. The zero-order valence-electron chi connectivity index (χ0n) is 13.1. The van der Waals surface area contributed by atoms with Crippen LogP contribution in [0.4, 0.5) is 0 Å². The molecule has 1 amide bonds. The molecule has 0 aromatic heterocycles. The van der Waals surface area contributed by atoms with E-state index in [0.717, 1.165) is 13.0 Å². The molecule has 4 heteroatoms. The lowest BCUT2D eigenvalue weighted by molar-refractivity contribution is -0.119. The average molecular weight is 283 g/mol. The minimum atomic E-state index is -1.68. The highest BCUT2D eigenvalue weighted by Gasteiger charge is 2.45. The van der Waals surface area contributed by atoms with Crippen LogP contribution in [0.3, 0.4) is 0 Å². The SMILES string of the molecule is CC(C)(C)[Si](C)(C)OC1CCCC2(CNC(=O)C2)C1. The number of carbonyl (C=O) groups is 1. The van der Waals surface area contributed by atoms with Crippen LogP contribution in [0.2, 0.25) is 18.1 Å². The average Bonchev–Trinajstić information content (AvgIpc) is 2.57. The molecule has 2 aliphatic rings. The molecule has 2 rings (SSSR count). The first-order chi connectivity index (χ1) is 8.64. The highest BCUT2D eigenvalue weighted by Crippen LogP contribution is 2.45. The zero-order chi connectivity index (χ0) is 14.3. The summed E-state index contributed by atoms with van der Waals surface area (Å²) in [6, 6.07) is 0. The van der Waals surface area contributed by atoms with Crippen molar-refractivity contribution in [3.63, 3.8) is 0 Å². The fourth-order valence-corrected chi connectivity index (χ4v) is 4.55. The Bertz CT molecular complexity index is 362. The van der Waals surface area contributed by atoms with Gasteiger partial charge in [0.25, 0.3) is 0 Å². The Labute approximate surface area is 118 Å². The molecule has 2 unspecified atom stereocenters. The number of amides is 1. The second-order valence-electron chi connectivity index (χ2n) is 8.05. The largest absolute Gasteiger partial charge is 0.414 e. The summed E-state index contributed by atoms with van der Waals surface area (Å²) in [5.41, 5.74) is 0.197. The van der Waals surface area contributed by atoms with Gasteiger partial charge in [-0.3, -0.25) is 4.79 Å². The number of nitrogens with one attached hydrogen (secondary N) is 1. The van der Waals surface area contributed by atoms with E-state index in [1.54, 1.807) is 0 Å². The zero-order valence-corrected chi connectivity index (χ0v) is 14.1. The van der Waals surface area contributed by atoms with Gasteiger partial charge in [0.1, 0.15) is 0 Å². The fraction of sp³-hybridized carbons (Fsp3) is 0.933. The van der Waals surface area contributed by atoms with Crippen LogP contribution in [0.25, 0.3) is 0 Å². The minimum absolute atomic E-state index is 0.197. The molecule has 1 saturated heterocycles. The van der Waals surface area contributed by atoms with Gasteiger partial charge in [-0.25, -0.2) is 0 Å². The summed E-state index contributed by atoms with van der Waals surface area (Å²) in [6.45, 7) is 12.4. The van der Waals surface area contributed by atoms with Gasteiger partial charge >= 0.3 is 0 Å². The van der Waals surface area contributed by atoms with E-state index in [2.05, 4.69) is 39.2 Å². The van der Waals surface area contributed by atoms with E-state index < -0.39 is 8.32 Å². The van der Waals surface area contributed by atoms with Gasteiger partial charge in [-0.15, -0.1) is 0 Å². The highest BCUT2D eigenvalue weighted by atomic mass is 28.4. The van der Waals surface area contributed by atoms with E-state index in [4.69, 9.17) is 4.43 Å². The molecule has 1 heterocycles. The summed E-state index contributed by atoms with van der Waals surface area (Å²) in [5.74, 6) is 0.230. The summed E-state index contributed by atoms with van der Waals surface area (Å²) in [4.78, 5) is 11.5. The summed E-state index contributed by atoms with van der Waals surface area (Å²) < 4.78 is 6.56. The molecular weight excluding hydrogens is 254 g/mol. The van der Waals surface area contributed by atoms with Crippen molar-refractivity contribution in [2.24, 2.45) is 5.41 Å². The Balaban J connectivity index is 2.01. The molecule has 110 valence electrons. The number of rotatable bonds is 2. The van der Waals surface area contributed by atoms with Crippen molar-refractivity contribution < 1.29 is 9.22 Å². The quantitative estimate of drug-likeness (QED) is 0.788. The van der Waals surface area contributed by atoms with E-state index in [1.807, 2.05) is 0 Å². The molecule has 0 radical (unpaired) electrons. The van der Waals surface area contributed by atoms with Gasteiger partial charge in [-0.1, -0.05) is 27.2 Å². The standard InChI is InChI=1S/C15H29NO2Si/c1-14(2,3)19(4,5)18-12-7-6-8-15(9-12)10-13(17)16-11-15/h12H,6-11H2,1-5H3,(H,16,17). The van der Waals surface area contributed by atoms with Gasteiger partial charge < -0.3 is 9.74 Å². The van der Waals surface area contributed by atoms with Crippen LogP contribution >= 0.6 is 0 Å². The van der Waals surface area contributed by atoms with Crippen LogP contribution in [0.5, 0.6) is 0 Å². The predicted molar refractivity (Wildman–Crippen MR) is 80.6 cm³/mol. The number of hydrogen-bond donors (Lipinski definition) is 1. The maximum atomic E-state index is 11.5. The van der Waals surface area contributed by atoms with Crippen LogP contribution in [-0.2, 0) is 9.22 Å².